The molecule has 0 saturated carbocycles. The van der Waals surface area contributed by atoms with E-state index in [1.54, 1.807) is 4.90 Å². The van der Waals surface area contributed by atoms with E-state index in [9.17, 15) is 18.0 Å². The Bertz CT molecular complexity index is 899. The number of nitrogens with one attached hydrogen (secondary N) is 1. The lowest BCUT2D eigenvalue weighted by molar-refractivity contribution is -0.0328. The standard InChI is InChI=1S/C20H23F3N6O2S/c21-20(22,23)32-16-3-1-15(2-4-16)24-19(30)29-9-7-27(8-10-29)17-5-6-18(26-25-17)28-11-13-31-14-12-28/h1-6H,7-14H2,(H,24,30). The Morgan fingerprint density at radius 3 is 1.97 bits per heavy atom. The number of thioether (sulfide) groups is 1. The SMILES string of the molecule is O=C(Nc1ccc(SC(F)(F)F)cc1)N1CCN(c2ccc(N3CCOCC3)nn2)CC1. The fraction of sp³-hybridized carbons (Fsp3) is 0.450. The summed E-state index contributed by atoms with van der Waals surface area (Å²) in [6.45, 7) is 5.19. The highest BCUT2D eigenvalue weighted by Crippen LogP contribution is 2.37. The number of anilines is 3. The summed E-state index contributed by atoms with van der Waals surface area (Å²) in [6.07, 6.45) is 0. The molecule has 0 aliphatic carbocycles. The molecule has 0 radical (unpaired) electrons. The second-order valence-corrected chi connectivity index (χ2v) is 8.46. The molecule has 3 heterocycles. The highest BCUT2D eigenvalue weighted by Gasteiger charge is 2.29. The zero-order valence-electron chi connectivity index (χ0n) is 17.2. The zero-order valence-corrected chi connectivity index (χ0v) is 18.0. The maximum atomic E-state index is 12.5. The van der Waals surface area contributed by atoms with Crippen molar-refractivity contribution < 1.29 is 22.7 Å². The molecule has 1 N–H and O–H groups in total. The van der Waals surface area contributed by atoms with E-state index in [0.717, 1.165) is 24.7 Å². The van der Waals surface area contributed by atoms with Gasteiger partial charge in [-0.3, -0.25) is 0 Å². The lowest BCUT2D eigenvalue weighted by Crippen LogP contribution is -2.50. The summed E-state index contributed by atoms with van der Waals surface area (Å²) in [5.74, 6) is 1.59. The molecule has 2 aliphatic rings. The van der Waals surface area contributed by atoms with Crippen LogP contribution < -0.4 is 15.1 Å². The molecule has 4 rings (SSSR count). The summed E-state index contributed by atoms with van der Waals surface area (Å²) in [5.41, 5.74) is -3.88. The first-order valence-corrected chi connectivity index (χ1v) is 11.0. The molecule has 1 aromatic heterocycles. The monoisotopic (exact) mass is 468 g/mol. The first-order valence-electron chi connectivity index (χ1n) is 10.2. The third-order valence-electron chi connectivity index (χ3n) is 5.20. The largest absolute Gasteiger partial charge is 0.446 e. The third-order valence-corrected chi connectivity index (χ3v) is 5.94. The molecule has 0 bridgehead atoms. The number of piperazine rings is 1. The molecule has 2 aliphatic heterocycles. The van der Waals surface area contributed by atoms with Gasteiger partial charge < -0.3 is 24.8 Å². The average molecular weight is 469 g/mol. The van der Waals surface area contributed by atoms with Gasteiger partial charge in [0, 0.05) is 49.9 Å². The number of amides is 2. The van der Waals surface area contributed by atoms with Crippen LogP contribution in [-0.4, -0.2) is 79.1 Å². The molecule has 0 unspecified atom stereocenters. The van der Waals surface area contributed by atoms with Crippen LogP contribution in [0.25, 0.3) is 0 Å². The molecule has 0 spiro atoms. The Morgan fingerprint density at radius 1 is 0.875 bits per heavy atom. The Morgan fingerprint density at radius 2 is 1.44 bits per heavy atom. The summed E-state index contributed by atoms with van der Waals surface area (Å²) in [7, 11) is 0. The predicted molar refractivity (Wildman–Crippen MR) is 116 cm³/mol. The first-order chi connectivity index (χ1) is 15.4. The number of urea groups is 1. The number of hydrogen-bond donors (Lipinski definition) is 1. The molecule has 2 amide bonds. The van der Waals surface area contributed by atoms with Crippen molar-refractivity contribution in [3.63, 3.8) is 0 Å². The number of nitrogens with zero attached hydrogens (tertiary/aromatic N) is 5. The van der Waals surface area contributed by atoms with Crippen LogP contribution >= 0.6 is 11.8 Å². The van der Waals surface area contributed by atoms with Gasteiger partial charge in [-0.25, -0.2) is 4.79 Å². The minimum absolute atomic E-state index is 0.0739. The molecule has 12 heteroatoms. The van der Waals surface area contributed by atoms with Crippen molar-refractivity contribution in [3.05, 3.63) is 36.4 Å². The summed E-state index contributed by atoms with van der Waals surface area (Å²) in [4.78, 5) is 18.5. The van der Waals surface area contributed by atoms with E-state index in [0.29, 0.717) is 45.1 Å². The first kappa shape index (κ1) is 22.5. The van der Waals surface area contributed by atoms with Crippen molar-refractivity contribution in [1.29, 1.82) is 0 Å². The second kappa shape index (κ2) is 9.82. The lowest BCUT2D eigenvalue weighted by Gasteiger charge is -2.35. The van der Waals surface area contributed by atoms with Crippen molar-refractivity contribution >= 4 is 35.1 Å². The second-order valence-electron chi connectivity index (χ2n) is 7.33. The molecule has 8 nitrogen and oxygen atoms in total. The number of alkyl halides is 3. The highest BCUT2D eigenvalue weighted by molar-refractivity contribution is 8.00. The number of ether oxygens (including phenoxy) is 1. The molecule has 2 saturated heterocycles. The van der Waals surface area contributed by atoms with Crippen LogP contribution in [0.1, 0.15) is 0 Å². The minimum atomic E-state index is -4.34. The van der Waals surface area contributed by atoms with Gasteiger partial charge in [0.15, 0.2) is 11.6 Å². The van der Waals surface area contributed by atoms with Crippen molar-refractivity contribution in [1.82, 2.24) is 15.1 Å². The van der Waals surface area contributed by atoms with Crippen molar-refractivity contribution in [2.45, 2.75) is 10.4 Å². The van der Waals surface area contributed by atoms with E-state index in [2.05, 4.69) is 25.3 Å². The van der Waals surface area contributed by atoms with E-state index >= 15 is 0 Å². The van der Waals surface area contributed by atoms with Crippen LogP contribution in [0.2, 0.25) is 0 Å². The van der Waals surface area contributed by atoms with Gasteiger partial charge in [-0.05, 0) is 48.2 Å². The number of aromatic nitrogens is 2. The van der Waals surface area contributed by atoms with Gasteiger partial charge in [0.05, 0.1) is 13.2 Å². The molecule has 0 atom stereocenters. The Balaban J connectivity index is 1.26. The van der Waals surface area contributed by atoms with Crippen LogP contribution in [0.3, 0.4) is 0 Å². The van der Waals surface area contributed by atoms with Crippen LogP contribution in [-0.2, 0) is 4.74 Å². The van der Waals surface area contributed by atoms with Crippen molar-refractivity contribution in [2.24, 2.45) is 0 Å². The number of carbonyl (C=O) groups excluding carboxylic acids is 1. The maximum Gasteiger partial charge on any atom is 0.446 e. The van der Waals surface area contributed by atoms with Crippen LogP contribution in [0, 0.1) is 0 Å². The summed E-state index contributed by atoms with van der Waals surface area (Å²) >= 11 is -0.185. The van der Waals surface area contributed by atoms with Gasteiger partial charge in [0.25, 0.3) is 0 Å². The molecule has 2 aromatic rings. The topological polar surface area (TPSA) is 73.8 Å². The highest BCUT2D eigenvalue weighted by atomic mass is 32.2. The van der Waals surface area contributed by atoms with Crippen molar-refractivity contribution in [2.75, 3.05) is 67.6 Å². The molecular weight excluding hydrogens is 445 g/mol. The van der Waals surface area contributed by atoms with E-state index < -0.39 is 5.51 Å². The van der Waals surface area contributed by atoms with Gasteiger partial charge in [-0.15, -0.1) is 10.2 Å². The van der Waals surface area contributed by atoms with Crippen LogP contribution in [0.15, 0.2) is 41.3 Å². The van der Waals surface area contributed by atoms with Gasteiger partial charge in [0.2, 0.25) is 0 Å². The van der Waals surface area contributed by atoms with E-state index in [-0.39, 0.29) is 22.7 Å². The Labute approximate surface area is 187 Å². The van der Waals surface area contributed by atoms with Crippen molar-refractivity contribution in [3.8, 4) is 0 Å². The van der Waals surface area contributed by atoms with Gasteiger partial charge in [0.1, 0.15) is 0 Å². The molecule has 172 valence electrons. The summed E-state index contributed by atoms with van der Waals surface area (Å²) in [5, 5.41) is 11.4. The predicted octanol–water partition coefficient (Wildman–Crippen LogP) is 3.28. The smallest absolute Gasteiger partial charge is 0.378 e. The van der Waals surface area contributed by atoms with E-state index in [4.69, 9.17) is 4.74 Å². The normalized spacial score (nSPS) is 17.4. The quantitative estimate of drug-likeness (QED) is 0.691. The lowest BCUT2D eigenvalue weighted by atomic mass is 10.3. The number of halogens is 3. The number of benzene rings is 1. The third kappa shape index (κ3) is 5.94. The molecule has 1 aromatic carbocycles. The number of carbonyl (C=O) groups is 1. The number of hydrogen-bond acceptors (Lipinski definition) is 7. The van der Waals surface area contributed by atoms with Gasteiger partial charge in [-0.1, -0.05) is 0 Å². The maximum absolute atomic E-state index is 12.5. The zero-order chi connectivity index (χ0) is 22.6. The fourth-order valence-electron chi connectivity index (χ4n) is 3.53. The Hall–Kier alpha value is -2.73. The van der Waals surface area contributed by atoms with Gasteiger partial charge in [-0.2, -0.15) is 13.2 Å². The number of morpholine rings is 1. The molecule has 2 fully saturated rings. The van der Waals surface area contributed by atoms with E-state index in [1.165, 1.54) is 24.3 Å². The average Bonchev–Trinajstić information content (AvgIpc) is 2.80. The van der Waals surface area contributed by atoms with Crippen LogP contribution in [0.4, 0.5) is 35.3 Å². The Kier molecular flexibility index (Phi) is 6.89. The number of rotatable bonds is 4. The summed E-state index contributed by atoms with van der Waals surface area (Å²) in [6, 6.07) is 9.22. The van der Waals surface area contributed by atoms with Crippen LogP contribution in [0.5, 0.6) is 0 Å². The minimum Gasteiger partial charge on any atom is -0.378 e. The van der Waals surface area contributed by atoms with Gasteiger partial charge >= 0.3 is 11.5 Å². The van der Waals surface area contributed by atoms with E-state index in [1.807, 2.05) is 12.1 Å². The summed E-state index contributed by atoms with van der Waals surface area (Å²) < 4.78 is 42.6. The molecule has 32 heavy (non-hydrogen) atoms. The molecular formula is C20H23F3N6O2S. The fourth-order valence-corrected chi connectivity index (χ4v) is 4.07.